The standard InChI is InChI=1S/C20H18N4O2S/c25-18(13-27-20-15-7-2-1-6-14(15)12-21-23-20)22-16-8-3-4-9-17(16)24-11-5-10-19(24)26/h1-4,6-9,12H,5,10-11,13H2,(H,22,25). The Balaban J connectivity index is 1.47. The molecule has 0 bridgehead atoms. The Kier molecular flexibility index (Phi) is 5.02. The second-order valence-electron chi connectivity index (χ2n) is 6.24. The van der Waals surface area contributed by atoms with E-state index in [9.17, 15) is 9.59 Å². The van der Waals surface area contributed by atoms with Gasteiger partial charge in [0.05, 0.1) is 23.3 Å². The Bertz CT molecular complexity index is 1000. The molecule has 1 N–H and O–H groups in total. The molecule has 2 heterocycles. The van der Waals surface area contributed by atoms with Crippen LogP contribution in [-0.4, -0.2) is 34.3 Å². The number of thioether (sulfide) groups is 1. The molecule has 0 aliphatic carbocycles. The van der Waals surface area contributed by atoms with Crippen molar-refractivity contribution in [1.29, 1.82) is 0 Å². The predicted octanol–water partition coefficient (Wildman–Crippen LogP) is 3.49. The normalized spacial score (nSPS) is 13.9. The van der Waals surface area contributed by atoms with Crippen LogP contribution in [0.2, 0.25) is 0 Å². The first-order chi connectivity index (χ1) is 13.2. The van der Waals surface area contributed by atoms with Crippen molar-refractivity contribution < 1.29 is 9.59 Å². The molecule has 1 fully saturated rings. The summed E-state index contributed by atoms with van der Waals surface area (Å²) in [5, 5.41) is 13.8. The number of carbonyl (C=O) groups is 2. The van der Waals surface area contributed by atoms with Crippen LogP contribution in [0.1, 0.15) is 12.8 Å². The van der Waals surface area contributed by atoms with Crippen molar-refractivity contribution in [3.8, 4) is 0 Å². The molecule has 7 heteroatoms. The molecule has 1 saturated heterocycles. The van der Waals surface area contributed by atoms with E-state index in [-0.39, 0.29) is 17.6 Å². The fourth-order valence-corrected chi connectivity index (χ4v) is 3.93. The number of hydrogen-bond donors (Lipinski definition) is 1. The van der Waals surface area contributed by atoms with Crippen molar-refractivity contribution in [2.75, 3.05) is 22.5 Å². The Morgan fingerprint density at radius 3 is 2.81 bits per heavy atom. The Morgan fingerprint density at radius 1 is 1.15 bits per heavy atom. The molecule has 4 rings (SSSR count). The topological polar surface area (TPSA) is 75.2 Å². The van der Waals surface area contributed by atoms with E-state index >= 15 is 0 Å². The summed E-state index contributed by atoms with van der Waals surface area (Å²) in [7, 11) is 0. The van der Waals surface area contributed by atoms with Gasteiger partial charge in [-0.05, 0) is 18.6 Å². The third kappa shape index (κ3) is 3.78. The number of nitrogens with one attached hydrogen (secondary N) is 1. The summed E-state index contributed by atoms with van der Waals surface area (Å²) in [5.41, 5.74) is 1.41. The Morgan fingerprint density at radius 2 is 1.96 bits per heavy atom. The maximum absolute atomic E-state index is 12.5. The molecule has 2 amide bonds. The minimum Gasteiger partial charge on any atom is -0.324 e. The molecule has 0 radical (unpaired) electrons. The monoisotopic (exact) mass is 378 g/mol. The highest BCUT2D eigenvalue weighted by molar-refractivity contribution is 8.00. The van der Waals surface area contributed by atoms with Crippen LogP contribution in [0.4, 0.5) is 11.4 Å². The molecular weight excluding hydrogens is 360 g/mol. The van der Waals surface area contributed by atoms with E-state index in [1.165, 1.54) is 11.8 Å². The summed E-state index contributed by atoms with van der Waals surface area (Å²) >= 11 is 1.35. The number of nitrogens with zero attached hydrogens (tertiary/aromatic N) is 3. The van der Waals surface area contributed by atoms with Crippen LogP contribution in [0.15, 0.2) is 59.8 Å². The van der Waals surface area contributed by atoms with Gasteiger partial charge in [-0.25, -0.2) is 0 Å². The Hall–Kier alpha value is -2.93. The lowest BCUT2D eigenvalue weighted by Crippen LogP contribution is -2.26. The van der Waals surface area contributed by atoms with Crippen LogP contribution in [0, 0.1) is 0 Å². The number of para-hydroxylation sites is 2. The van der Waals surface area contributed by atoms with Crippen LogP contribution < -0.4 is 10.2 Å². The van der Waals surface area contributed by atoms with Gasteiger partial charge in [-0.15, -0.1) is 5.10 Å². The lowest BCUT2D eigenvalue weighted by atomic mass is 10.2. The number of amides is 2. The highest BCUT2D eigenvalue weighted by Gasteiger charge is 2.24. The van der Waals surface area contributed by atoms with E-state index in [2.05, 4.69) is 15.5 Å². The summed E-state index contributed by atoms with van der Waals surface area (Å²) in [5.74, 6) is 0.163. The minimum absolute atomic E-state index is 0.0945. The van der Waals surface area contributed by atoms with Gasteiger partial charge in [0.2, 0.25) is 11.8 Å². The van der Waals surface area contributed by atoms with Crippen LogP contribution in [-0.2, 0) is 9.59 Å². The van der Waals surface area contributed by atoms with Gasteiger partial charge in [-0.3, -0.25) is 9.59 Å². The summed E-state index contributed by atoms with van der Waals surface area (Å²) in [6.45, 7) is 0.687. The predicted molar refractivity (Wildman–Crippen MR) is 107 cm³/mol. The molecule has 0 atom stereocenters. The molecule has 3 aromatic rings. The number of rotatable bonds is 5. The van der Waals surface area contributed by atoms with Gasteiger partial charge in [0.1, 0.15) is 5.03 Å². The highest BCUT2D eigenvalue weighted by atomic mass is 32.2. The second-order valence-corrected chi connectivity index (χ2v) is 7.20. The second kappa shape index (κ2) is 7.75. The first kappa shape index (κ1) is 17.5. The third-order valence-corrected chi connectivity index (χ3v) is 5.40. The molecule has 27 heavy (non-hydrogen) atoms. The number of benzene rings is 2. The number of fused-ring (bicyclic) bond motifs is 1. The quantitative estimate of drug-likeness (QED) is 0.688. The van der Waals surface area contributed by atoms with E-state index in [4.69, 9.17) is 0 Å². The number of anilines is 2. The largest absolute Gasteiger partial charge is 0.324 e. The fourth-order valence-electron chi connectivity index (χ4n) is 3.15. The molecule has 1 aliphatic heterocycles. The maximum atomic E-state index is 12.5. The summed E-state index contributed by atoms with van der Waals surface area (Å²) < 4.78 is 0. The van der Waals surface area contributed by atoms with Gasteiger partial charge in [0.15, 0.2) is 0 Å². The minimum atomic E-state index is -0.145. The third-order valence-electron chi connectivity index (χ3n) is 4.42. The molecular formula is C20H18N4O2S. The van der Waals surface area contributed by atoms with Crippen molar-refractivity contribution in [3.05, 3.63) is 54.7 Å². The van der Waals surface area contributed by atoms with E-state index in [0.717, 1.165) is 27.9 Å². The van der Waals surface area contributed by atoms with E-state index < -0.39 is 0 Å². The zero-order valence-electron chi connectivity index (χ0n) is 14.6. The van der Waals surface area contributed by atoms with Crippen molar-refractivity contribution in [3.63, 3.8) is 0 Å². The van der Waals surface area contributed by atoms with Gasteiger partial charge in [-0.2, -0.15) is 5.10 Å². The first-order valence-corrected chi connectivity index (χ1v) is 9.73. The van der Waals surface area contributed by atoms with Gasteiger partial charge >= 0.3 is 0 Å². The average Bonchev–Trinajstić information content (AvgIpc) is 3.12. The van der Waals surface area contributed by atoms with Crippen LogP contribution in [0.5, 0.6) is 0 Å². The lowest BCUT2D eigenvalue weighted by Gasteiger charge is -2.19. The van der Waals surface area contributed by atoms with E-state index in [0.29, 0.717) is 18.7 Å². The van der Waals surface area contributed by atoms with E-state index in [1.807, 2.05) is 48.5 Å². The number of carbonyl (C=O) groups excluding carboxylic acids is 2. The zero-order valence-corrected chi connectivity index (χ0v) is 15.4. The molecule has 2 aromatic carbocycles. The summed E-state index contributed by atoms with van der Waals surface area (Å²) in [6.07, 6.45) is 3.11. The van der Waals surface area contributed by atoms with Crippen molar-refractivity contribution >= 4 is 45.7 Å². The van der Waals surface area contributed by atoms with Gasteiger partial charge < -0.3 is 10.2 Å². The van der Waals surface area contributed by atoms with Gasteiger partial charge in [0, 0.05) is 23.7 Å². The average molecular weight is 378 g/mol. The molecule has 1 aliphatic rings. The van der Waals surface area contributed by atoms with Crippen molar-refractivity contribution in [2.45, 2.75) is 17.9 Å². The fraction of sp³-hybridized carbons (Fsp3) is 0.200. The number of aromatic nitrogens is 2. The lowest BCUT2D eigenvalue weighted by molar-refractivity contribution is -0.117. The highest BCUT2D eigenvalue weighted by Crippen LogP contribution is 2.30. The van der Waals surface area contributed by atoms with Crippen molar-refractivity contribution in [1.82, 2.24) is 10.2 Å². The summed E-state index contributed by atoms with van der Waals surface area (Å²) in [6, 6.07) is 15.2. The van der Waals surface area contributed by atoms with Crippen molar-refractivity contribution in [2.24, 2.45) is 0 Å². The van der Waals surface area contributed by atoms with Crippen LogP contribution in [0.25, 0.3) is 10.8 Å². The summed E-state index contributed by atoms with van der Waals surface area (Å²) in [4.78, 5) is 26.3. The SMILES string of the molecule is O=C(CSc1nncc2ccccc12)Nc1ccccc1N1CCCC1=O. The molecule has 136 valence electrons. The molecule has 0 saturated carbocycles. The molecule has 6 nitrogen and oxygen atoms in total. The zero-order chi connectivity index (χ0) is 18.6. The maximum Gasteiger partial charge on any atom is 0.234 e. The van der Waals surface area contributed by atoms with Crippen LogP contribution >= 0.6 is 11.8 Å². The van der Waals surface area contributed by atoms with Crippen LogP contribution in [0.3, 0.4) is 0 Å². The Labute approximate surface area is 161 Å². The number of hydrogen-bond acceptors (Lipinski definition) is 5. The van der Waals surface area contributed by atoms with Gasteiger partial charge in [-0.1, -0.05) is 48.2 Å². The molecule has 0 spiro atoms. The first-order valence-electron chi connectivity index (χ1n) is 8.75. The van der Waals surface area contributed by atoms with E-state index in [1.54, 1.807) is 11.1 Å². The molecule has 0 unspecified atom stereocenters. The molecule has 1 aromatic heterocycles. The smallest absolute Gasteiger partial charge is 0.234 e. The van der Waals surface area contributed by atoms with Gasteiger partial charge in [0.25, 0.3) is 0 Å².